The molecule has 0 fully saturated rings. The number of para-hydroxylation sites is 1. The van der Waals surface area contributed by atoms with E-state index in [0.717, 1.165) is 67.1 Å². The van der Waals surface area contributed by atoms with Crippen molar-refractivity contribution in [3.05, 3.63) is 126 Å². The molecule has 7 aromatic rings. The summed E-state index contributed by atoms with van der Waals surface area (Å²) in [4.78, 5) is 4.67. The van der Waals surface area contributed by atoms with Gasteiger partial charge in [-0.3, -0.25) is 4.68 Å². The van der Waals surface area contributed by atoms with Gasteiger partial charge in [0, 0.05) is 40.5 Å². The summed E-state index contributed by atoms with van der Waals surface area (Å²) in [6.07, 6.45) is 1.76. The van der Waals surface area contributed by atoms with Crippen LogP contribution >= 0.6 is 0 Å². The molecule has 0 unspecified atom stereocenters. The summed E-state index contributed by atoms with van der Waals surface area (Å²) < 4.78 is 16.1. The van der Waals surface area contributed by atoms with Crippen molar-refractivity contribution in [2.24, 2.45) is 0 Å². The number of ether oxygens (including phenoxy) is 2. The van der Waals surface area contributed by atoms with Gasteiger partial charge in [0.05, 0.1) is 12.8 Å². The molecule has 0 aliphatic rings. The summed E-state index contributed by atoms with van der Waals surface area (Å²) in [6, 6.07) is 37.8. The summed E-state index contributed by atoms with van der Waals surface area (Å²) in [5.41, 5.74) is 8.02. The molecule has 0 bridgehead atoms. The molecule has 0 aliphatic carbocycles. The first-order valence-electron chi connectivity index (χ1n) is 15.0. The van der Waals surface area contributed by atoms with Crippen LogP contribution in [-0.2, 0) is 25.8 Å². The fourth-order valence-corrected chi connectivity index (χ4v) is 5.97. The molecule has 4 aromatic carbocycles. The van der Waals surface area contributed by atoms with Gasteiger partial charge in [-0.25, -0.2) is 4.98 Å². The Morgan fingerprint density at radius 2 is 1.54 bits per heavy atom. The van der Waals surface area contributed by atoms with Crippen molar-refractivity contribution in [2.45, 2.75) is 40.0 Å². The van der Waals surface area contributed by atoms with Gasteiger partial charge in [-0.1, -0.05) is 74.8 Å². The van der Waals surface area contributed by atoms with Crippen LogP contribution in [0.25, 0.3) is 44.4 Å². The molecule has 0 N–H and O–H groups in total. The van der Waals surface area contributed by atoms with Crippen LogP contribution in [-0.4, -0.2) is 26.4 Å². The standard InChI is InChI=1S/C39H34N4O2.Pd/c1-25-38(27-12-8-7-9-13-27)26(2)43(41-25)29-20-28(39(3,4)5)21-32(22-29)45-31-16-17-34-33-14-10-11-15-35(33)42(36(34)23-31)37-24-30(44-6)18-19-40-37;/h7-21,24H,1-6H3;/q-2;+2. The molecule has 0 saturated carbocycles. The Balaban J connectivity index is 0.00000372. The fourth-order valence-electron chi connectivity index (χ4n) is 5.97. The van der Waals surface area contributed by atoms with Crippen LogP contribution in [0.1, 0.15) is 37.7 Å². The minimum Gasteiger partial charge on any atom is -0.509 e. The van der Waals surface area contributed by atoms with Crippen LogP contribution in [0.15, 0.2) is 97.2 Å². The number of pyridine rings is 1. The number of nitrogens with zero attached hydrogens (tertiary/aromatic N) is 4. The Labute approximate surface area is 283 Å². The van der Waals surface area contributed by atoms with Gasteiger partial charge < -0.3 is 14.0 Å². The van der Waals surface area contributed by atoms with E-state index in [1.54, 1.807) is 13.3 Å². The van der Waals surface area contributed by atoms with E-state index in [9.17, 15) is 0 Å². The SMILES string of the molecule is COc1ccnc(-n2c3[c-]c(Oc4[c-]c(-n5nc(C)c(-c6ccccc6)c5C)cc(C(C)(C)C)c4)ccc3c3ccccc32)c1.[Pd+2]. The third-order valence-corrected chi connectivity index (χ3v) is 8.24. The van der Waals surface area contributed by atoms with Crippen molar-refractivity contribution in [2.75, 3.05) is 7.11 Å². The van der Waals surface area contributed by atoms with E-state index < -0.39 is 0 Å². The smallest absolute Gasteiger partial charge is 0.509 e. The molecule has 0 amide bonds. The number of methoxy groups -OCH3 is 1. The molecule has 0 radical (unpaired) electrons. The molecule has 6 nitrogen and oxygen atoms in total. The van der Waals surface area contributed by atoms with Gasteiger partial charge in [0.15, 0.2) is 0 Å². The maximum Gasteiger partial charge on any atom is 2.00 e. The van der Waals surface area contributed by atoms with Crippen LogP contribution < -0.4 is 9.47 Å². The van der Waals surface area contributed by atoms with Gasteiger partial charge in [-0.05, 0) is 48.0 Å². The number of aromatic nitrogens is 4. The van der Waals surface area contributed by atoms with E-state index in [2.05, 4.69) is 111 Å². The second kappa shape index (κ2) is 12.2. The number of hydrogen-bond acceptors (Lipinski definition) is 4. The van der Waals surface area contributed by atoms with Crippen molar-refractivity contribution in [1.82, 2.24) is 19.3 Å². The number of benzene rings is 4. The molecular weight excluding hydrogens is 663 g/mol. The summed E-state index contributed by atoms with van der Waals surface area (Å²) in [5.74, 6) is 2.67. The maximum atomic E-state index is 6.57. The topological polar surface area (TPSA) is 54.1 Å². The van der Waals surface area contributed by atoms with E-state index in [-0.39, 0.29) is 25.8 Å². The normalized spacial score (nSPS) is 11.5. The molecular formula is C39H34N4O2Pd. The van der Waals surface area contributed by atoms with E-state index in [1.165, 1.54) is 0 Å². The molecule has 46 heavy (non-hydrogen) atoms. The Morgan fingerprint density at radius 1 is 0.783 bits per heavy atom. The second-order valence-corrected chi connectivity index (χ2v) is 12.3. The van der Waals surface area contributed by atoms with Crippen LogP contribution in [0.3, 0.4) is 0 Å². The average molecular weight is 697 g/mol. The van der Waals surface area contributed by atoms with E-state index >= 15 is 0 Å². The van der Waals surface area contributed by atoms with Crippen molar-refractivity contribution in [3.8, 4) is 39.9 Å². The third-order valence-electron chi connectivity index (χ3n) is 8.24. The zero-order valence-corrected chi connectivity index (χ0v) is 28.2. The molecule has 0 saturated heterocycles. The average Bonchev–Trinajstić information content (AvgIpc) is 3.53. The minimum atomic E-state index is -0.127. The van der Waals surface area contributed by atoms with Crippen molar-refractivity contribution < 1.29 is 29.9 Å². The molecule has 0 spiro atoms. The zero-order chi connectivity index (χ0) is 31.3. The number of hydrogen-bond donors (Lipinski definition) is 0. The first-order valence-corrected chi connectivity index (χ1v) is 15.0. The summed E-state index contributed by atoms with van der Waals surface area (Å²) in [7, 11) is 1.66. The van der Waals surface area contributed by atoms with Crippen molar-refractivity contribution in [1.29, 1.82) is 0 Å². The number of rotatable bonds is 6. The summed E-state index contributed by atoms with van der Waals surface area (Å²) in [6.45, 7) is 10.8. The maximum absolute atomic E-state index is 6.57. The molecule has 232 valence electrons. The van der Waals surface area contributed by atoms with Crippen molar-refractivity contribution in [3.63, 3.8) is 0 Å². The predicted molar refractivity (Wildman–Crippen MR) is 180 cm³/mol. The van der Waals surface area contributed by atoms with Gasteiger partial charge >= 0.3 is 20.4 Å². The zero-order valence-electron chi connectivity index (χ0n) is 26.7. The first kappa shape index (κ1) is 31.3. The monoisotopic (exact) mass is 696 g/mol. The third kappa shape index (κ3) is 5.62. The molecule has 3 heterocycles. The molecule has 3 aromatic heterocycles. The van der Waals surface area contributed by atoms with E-state index in [4.69, 9.17) is 14.6 Å². The Morgan fingerprint density at radius 3 is 2.30 bits per heavy atom. The Bertz CT molecular complexity index is 2190. The van der Waals surface area contributed by atoms with Gasteiger partial charge in [-0.15, -0.1) is 41.3 Å². The quantitative estimate of drug-likeness (QED) is 0.129. The van der Waals surface area contributed by atoms with E-state index in [0.29, 0.717) is 11.5 Å². The summed E-state index contributed by atoms with van der Waals surface area (Å²) in [5, 5.41) is 7.13. The molecule has 7 rings (SSSR count). The minimum absolute atomic E-state index is 0. The van der Waals surface area contributed by atoms with Gasteiger partial charge in [0.2, 0.25) is 0 Å². The summed E-state index contributed by atoms with van der Waals surface area (Å²) >= 11 is 0. The second-order valence-electron chi connectivity index (χ2n) is 12.3. The predicted octanol–water partition coefficient (Wildman–Crippen LogP) is 9.34. The Hall–Kier alpha value is -4.70. The first-order chi connectivity index (χ1) is 21.7. The fraction of sp³-hybridized carbons (Fsp3) is 0.179. The van der Waals surface area contributed by atoms with Crippen LogP contribution in [0.2, 0.25) is 0 Å². The van der Waals surface area contributed by atoms with Gasteiger partial charge in [-0.2, -0.15) is 11.2 Å². The molecule has 7 heteroatoms. The molecule has 0 atom stereocenters. The number of fused-ring (bicyclic) bond motifs is 3. The van der Waals surface area contributed by atoms with Gasteiger partial charge in [0.1, 0.15) is 11.6 Å². The van der Waals surface area contributed by atoms with Crippen LogP contribution in [0.5, 0.6) is 17.2 Å². The van der Waals surface area contributed by atoms with E-state index in [1.807, 2.05) is 41.1 Å². The largest absolute Gasteiger partial charge is 2.00 e. The molecule has 0 aliphatic heterocycles. The van der Waals surface area contributed by atoms with Gasteiger partial charge in [0.25, 0.3) is 0 Å². The van der Waals surface area contributed by atoms with Crippen LogP contribution in [0.4, 0.5) is 0 Å². The Kier molecular flexibility index (Phi) is 8.33. The number of aryl methyl sites for hydroxylation is 1. The van der Waals surface area contributed by atoms with Crippen LogP contribution in [0, 0.1) is 26.0 Å². The van der Waals surface area contributed by atoms with Crippen molar-refractivity contribution >= 4 is 21.8 Å².